The molecular formula is C15H23N3O6. The van der Waals surface area contributed by atoms with Crippen LogP contribution in [-0.2, 0) is 14.3 Å². The molecule has 134 valence electrons. The van der Waals surface area contributed by atoms with E-state index < -0.39 is 23.6 Å². The topological polar surface area (TPSA) is 120 Å². The summed E-state index contributed by atoms with van der Waals surface area (Å²) in [6, 6.07) is 0. The maximum Gasteiger partial charge on any atom is 0.407 e. The van der Waals surface area contributed by atoms with Crippen molar-refractivity contribution in [1.29, 1.82) is 0 Å². The van der Waals surface area contributed by atoms with Crippen LogP contribution in [0.15, 0.2) is 4.52 Å². The van der Waals surface area contributed by atoms with E-state index in [0.717, 1.165) is 0 Å². The van der Waals surface area contributed by atoms with Crippen LogP contribution < -0.4 is 10.6 Å². The Morgan fingerprint density at radius 2 is 1.92 bits per heavy atom. The molecule has 1 rings (SSSR count). The van der Waals surface area contributed by atoms with Crippen LogP contribution >= 0.6 is 0 Å². The smallest absolute Gasteiger partial charge is 0.407 e. The minimum Gasteiger partial charge on any atom is -0.462 e. The van der Waals surface area contributed by atoms with Crippen LogP contribution in [0.1, 0.15) is 50.2 Å². The summed E-state index contributed by atoms with van der Waals surface area (Å²) in [5.74, 6) is -1.15. The van der Waals surface area contributed by atoms with Crippen LogP contribution in [-0.4, -0.2) is 41.9 Å². The van der Waals surface area contributed by atoms with E-state index in [4.69, 9.17) is 14.0 Å². The standard InChI is InChI=1S/C15H23N3O6/c1-6-22-13(20)11-9(2)18-24-12(11)17-10(19)7-8-16-14(21)23-15(3,4)5/h6-8H2,1-5H3,(H,16,21)(H,17,19). The Hall–Kier alpha value is -2.58. The van der Waals surface area contributed by atoms with E-state index in [1.165, 1.54) is 0 Å². The molecule has 0 fully saturated rings. The van der Waals surface area contributed by atoms with Crippen LogP contribution in [0.2, 0.25) is 0 Å². The highest BCUT2D eigenvalue weighted by atomic mass is 16.6. The molecule has 2 amide bonds. The molecule has 0 aliphatic heterocycles. The maximum atomic E-state index is 11.9. The number of aromatic nitrogens is 1. The van der Waals surface area contributed by atoms with Gasteiger partial charge in [0.2, 0.25) is 11.8 Å². The van der Waals surface area contributed by atoms with Gasteiger partial charge in [0.15, 0.2) is 0 Å². The van der Waals surface area contributed by atoms with E-state index in [-0.39, 0.29) is 31.0 Å². The van der Waals surface area contributed by atoms with Gasteiger partial charge in [0.1, 0.15) is 11.2 Å². The Bertz CT molecular complexity index is 603. The van der Waals surface area contributed by atoms with Crippen LogP contribution in [0.25, 0.3) is 0 Å². The number of nitrogens with one attached hydrogen (secondary N) is 2. The highest BCUT2D eigenvalue weighted by molar-refractivity contribution is 6.00. The summed E-state index contributed by atoms with van der Waals surface area (Å²) in [6.45, 7) is 8.71. The van der Waals surface area contributed by atoms with Gasteiger partial charge in [0, 0.05) is 13.0 Å². The predicted octanol–water partition coefficient (Wildman–Crippen LogP) is 2.01. The third-order valence-corrected chi connectivity index (χ3v) is 2.62. The molecule has 24 heavy (non-hydrogen) atoms. The number of esters is 1. The summed E-state index contributed by atoms with van der Waals surface area (Å²) in [4.78, 5) is 35.2. The molecular weight excluding hydrogens is 318 g/mol. The highest BCUT2D eigenvalue weighted by Gasteiger charge is 2.23. The van der Waals surface area contributed by atoms with Gasteiger partial charge in [-0.2, -0.15) is 0 Å². The van der Waals surface area contributed by atoms with E-state index >= 15 is 0 Å². The first-order valence-electron chi connectivity index (χ1n) is 7.54. The second kappa shape index (κ2) is 8.32. The van der Waals surface area contributed by atoms with E-state index in [1.807, 2.05) is 0 Å². The number of hydrogen-bond donors (Lipinski definition) is 2. The van der Waals surface area contributed by atoms with Crippen molar-refractivity contribution in [3.05, 3.63) is 11.3 Å². The van der Waals surface area contributed by atoms with Crippen molar-refractivity contribution in [1.82, 2.24) is 10.5 Å². The summed E-state index contributed by atoms with van der Waals surface area (Å²) in [7, 11) is 0. The van der Waals surface area contributed by atoms with Crippen molar-refractivity contribution in [2.75, 3.05) is 18.5 Å². The molecule has 9 nitrogen and oxygen atoms in total. The molecule has 0 spiro atoms. The first-order valence-corrected chi connectivity index (χ1v) is 7.54. The van der Waals surface area contributed by atoms with Gasteiger partial charge in [0.05, 0.1) is 12.3 Å². The minimum atomic E-state index is -0.626. The van der Waals surface area contributed by atoms with Gasteiger partial charge >= 0.3 is 12.1 Å². The first kappa shape index (κ1) is 19.5. The number of anilines is 1. The average molecular weight is 341 g/mol. The summed E-state index contributed by atoms with van der Waals surface area (Å²) < 4.78 is 14.9. The van der Waals surface area contributed by atoms with Gasteiger partial charge in [-0.15, -0.1) is 0 Å². The molecule has 0 saturated heterocycles. The molecule has 9 heteroatoms. The third kappa shape index (κ3) is 6.27. The lowest BCUT2D eigenvalue weighted by molar-refractivity contribution is -0.116. The lowest BCUT2D eigenvalue weighted by Crippen LogP contribution is -2.34. The molecule has 0 aliphatic carbocycles. The van der Waals surface area contributed by atoms with Crippen molar-refractivity contribution >= 4 is 23.9 Å². The van der Waals surface area contributed by atoms with Crippen molar-refractivity contribution in [3.8, 4) is 0 Å². The van der Waals surface area contributed by atoms with Crippen LogP contribution in [0, 0.1) is 6.92 Å². The van der Waals surface area contributed by atoms with Crippen LogP contribution in [0.4, 0.5) is 10.7 Å². The second-order valence-electron chi connectivity index (χ2n) is 5.92. The number of hydrogen-bond acceptors (Lipinski definition) is 7. The average Bonchev–Trinajstić information content (AvgIpc) is 2.77. The fraction of sp³-hybridized carbons (Fsp3) is 0.600. The molecule has 1 aromatic heterocycles. The SMILES string of the molecule is CCOC(=O)c1c(C)noc1NC(=O)CCNC(=O)OC(C)(C)C. The lowest BCUT2D eigenvalue weighted by Gasteiger charge is -2.19. The predicted molar refractivity (Wildman–Crippen MR) is 84.7 cm³/mol. The van der Waals surface area contributed by atoms with E-state index in [9.17, 15) is 14.4 Å². The quantitative estimate of drug-likeness (QED) is 0.759. The zero-order valence-electron chi connectivity index (χ0n) is 14.5. The molecule has 0 saturated carbocycles. The van der Waals surface area contributed by atoms with E-state index in [2.05, 4.69) is 15.8 Å². The number of alkyl carbamates (subject to hydrolysis) is 1. The summed E-state index contributed by atoms with van der Waals surface area (Å²) in [5, 5.41) is 8.53. The molecule has 2 N–H and O–H groups in total. The number of aryl methyl sites for hydroxylation is 1. The van der Waals surface area contributed by atoms with Crippen molar-refractivity contribution in [2.45, 2.75) is 46.6 Å². The number of amides is 2. The van der Waals surface area contributed by atoms with Gasteiger partial charge in [0.25, 0.3) is 0 Å². The summed E-state index contributed by atoms with van der Waals surface area (Å²) >= 11 is 0. The molecule has 0 aliphatic rings. The second-order valence-corrected chi connectivity index (χ2v) is 5.92. The minimum absolute atomic E-state index is 0.0265. The normalized spacial score (nSPS) is 10.9. The maximum absolute atomic E-state index is 11.9. The number of carbonyl (C=O) groups is 3. The van der Waals surface area contributed by atoms with E-state index in [1.54, 1.807) is 34.6 Å². The summed E-state index contributed by atoms with van der Waals surface area (Å²) in [5.41, 5.74) is -0.223. The Morgan fingerprint density at radius 1 is 1.25 bits per heavy atom. The Labute approximate surface area is 140 Å². The number of carbonyl (C=O) groups excluding carboxylic acids is 3. The van der Waals surface area contributed by atoms with E-state index in [0.29, 0.717) is 5.69 Å². The van der Waals surface area contributed by atoms with Crippen LogP contribution in [0.5, 0.6) is 0 Å². The van der Waals surface area contributed by atoms with Crippen molar-refractivity contribution in [3.63, 3.8) is 0 Å². The van der Waals surface area contributed by atoms with Gasteiger partial charge in [-0.3, -0.25) is 10.1 Å². The number of nitrogens with zero attached hydrogens (tertiary/aromatic N) is 1. The molecule has 0 atom stereocenters. The lowest BCUT2D eigenvalue weighted by atomic mass is 10.2. The molecule has 1 aromatic rings. The first-order chi connectivity index (χ1) is 11.1. The van der Waals surface area contributed by atoms with Gasteiger partial charge < -0.3 is 19.3 Å². The zero-order valence-corrected chi connectivity index (χ0v) is 14.5. The van der Waals surface area contributed by atoms with Crippen molar-refractivity contribution in [2.24, 2.45) is 0 Å². The van der Waals surface area contributed by atoms with Gasteiger partial charge in [-0.25, -0.2) is 9.59 Å². The van der Waals surface area contributed by atoms with Crippen LogP contribution in [0.3, 0.4) is 0 Å². The van der Waals surface area contributed by atoms with Gasteiger partial charge in [-0.1, -0.05) is 5.16 Å². The fourth-order valence-corrected chi connectivity index (χ4v) is 1.68. The zero-order chi connectivity index (χ0) is 18.3. The molecule has 0 aromatic carbocycles. The number of rotatable bonds is 6. The van der Waals surface area contributed by atoms with Crippen molar-refractivity contribution < 1.29 is 28.4 Å². The molecule has 0 unspecified atom stereocenters. The Kier molecular flexibility index (Phi) is 6.75. The summed E-state index contributed by atoms with van der Waals surface area (Å²) in [6.07, 6.45) is -0.639. The third-order valence-electron chi connectivity index (χ3n) is 2.62. The Morgan fingerprint density at radius 3 is 2.50 bits per heavy atom. The number of ether oxygens (including phenoxy) is 2. The fourth-order valence-electron chi connectivity index (χ4n) is 1.68. The molecule has 0 radical (unpaired) electrons. The molecule has 0 bridgehead atoms. The molecule has 1 heterocycles. The van der Waals surface area contributed by atoms with Gasteiger partial charge in [-0.05, 0) is 34.6 Å². The Balaban J connectivity index is 2.52. The largest absolute Gasteiger partial charge is 0.462 e. The monoisotopic (exact) mass is 341 g/mol. The highest BCUT2D eigenvalue weighted by Crippen LogP contribution is 2.20.